The van der Waals surface area contributed by atoms with Gasteiger partial charge in [0.15, 0.2) is 5.78 Å². The summed E-state index contributed by atoms with van der Waals surface area (Å²) >= 11 is 0. The minimum Gasteiger partial charge on any atom is -0.398 e. The first kappa shape index (κ1) is 20.0. The van der Waals surface area contributed by atoms with Crippen molar-refractivity contribution in [3.63, 3.8) is 0 Å². The topological polar surface area (TPSA) is 62.5 Å². The average Bonchev–Trinajstić information content (AvgIpc) is 2.74. The monoisotopic (exact) mass is 404 g/mol. The van der Waals surface area contributed by atoms with E-state index in [4.69, 9.17) is 5.73 Å². The molecule has 5 nitrogen and oxygen atoms in total. The van der Waals surface area contributed by atoms with Gasteiger partial charge in [0.2, 0.25) is 0 Å². The Bertz CT molecular complexity index is 1080. The predicted molar refractivity (Wildman–Crippen MR) is 117 cm³/mol. The van der Waals surface area contributed by atoms with Crippen LogP contribution in [0.25, 0.3) is 10.9 Å². The summed E-state index contributed by atoms with van der Waals surface area (Å²) in [5.41, 5.74) is 8.89. The number of rotatable bonds is 5. The van der Waals surface area contributed by atoms with Gasteiger partial charge in [0.05, 0.1) is 5.52 Å². The number of halogens is 1. The molecule has 0 amide bonds. The van der Waals surface area contributed by atoms with E-state index in [9.17, 15) is 9.18 Å². The Morgan fingerprint density at radius 3 is 2.80 bits per heavy atom. The number of pyridine rings is 1. The number of benzene rings is 2. The zero-order valence-electron chi connectivity index (χ0n) is 17.0. The molecule has 2 aromatic carbocycles. The second kappa shape index (κ2) is 8.63. The molecule has 154 valence electrons. The van der Waals surface area contributed by atoms with Crippen LogP contribution < -0.4 is 5.73 Å². The van der Waals surface area contributed by atoms with Crippen LogP contribution in [0.5, 0.6) is 0 Å². The molecule has 0 saturated carbocycles. The van der Waals surface area contributed by atoms with Crippen molar-refractivity contribution in [3.05, 3.63) is 83.9 Å². The smallest absolute Gasteiger partial charge is 0.189 e. The molecule has 4 rings (SSSR count). The first-order valence-corrected chi connectivity index (χ1v) is 10.1. The van der Waals surface area contributed by atoms with Gasteiger partial charge in [-0.25, -0.2) is 4.39 Å². The van der Waals surface area contributed by atoms with Gasteiger partial charge in [-0.3, -0.25) is 14.7 Å². The van der Waals surface area contributed by atoms with E-state index in [0.717, 1.165) is 42.6 Å². The fourth-order valence-electron chi connectivity index (χ4n) is 3.86. The Balaban J connectivity index is 1.39. The van der Waals surface area contributed by atoms with Gasteiger partial charge in [-0.05, 0) is 42.8 Å². The van der Waals surface area contributed by atoms with E-state index < -0.39 is 0 Å². The van der Waals surface area contributed by atoms with Gasteiger partial charge in [-0.15, -0.1) is 0 Å². The second-order valence-corrected chi connectivity index (χ2v) is 7.76. The fraction of sp³-hybridized carbons (Fsp3) is 0.250. The van der Waals surface area contributed by atoms with Crippen molar-refractivity contribution in [1.82, 2.24) is 14.8 Å². The lowest BCUT2D eigenvalue weighted by Gasteiger charge is -2.39. The highest BCUT2D eigenvalue weighted by molar-refractivity contribution is 6.10. The number of nitrogen functional groups attached to an aromatic ring is 1. The molecule has 0 spiro atoms. The number of carbonyl (C=O) groups is 1. The highest BCUT2D eigenvalue weighted by atomic mass is 19.1. The molecule has 0 radical (unpaired) electrons. The van der Waals surface area contributed by atoms with Crippen LogP contribution in [0.1, 0.15) is 22.8 Å². The molecule has 2 N–H and O–H groups in total. The largest absolute Gasteiger partial charge is 0.398 e. The average molecular weight is 404 g/mol. The third-order valence-corrected chi connectivity index (χ3v) is 5.54. The lowest BCUT2D eigenvalue weighted by Crippen LogP contribution is -2.49. The Morgan fingerprint density at radius 2 is 2.03 bits per heavy atom. The van der Waals surface area contributed by atoms with Crippen LogP contribution in [0.4, 0.5) is 10.1 Å². The summed E-state index contributed by atoms with van der Waals surface area (Å²) in [6.45, 7) is 5.50. The number of fused-ring (bicyclic) bond motifs is 1. The number of hydrogen-bond acceptors (Lipinski definition) is 5. The summed E-state index contributed by atoms with van der Waals surface area (Å²) in [5.74, 6) is -0.337. The van der Waals surface area contributed by atoms with Crippen molar-refractivity contribution >= 4 is 22.4 Å². The minimum atomic E-state index is -0.213. The van der Waals surface area contributed by atoms with Crippen LogP contribution in [-0.4, -0.2) is 46.2 Å². The molecular formula is C24H25FN4O. The number of carbonyl (C=O) groups excluding carboxylic acids is 1. The molecule has 1 atom stereocenters. The number of aromatic nitrogens is 1. The lowest BCUT2D eigenvalue weighted by atomic mass is 10.0. The molecule has 0 unspecified atom stereocenters. The van der Waals surface area contributed by atoms with E-state index in [1.54, 1.807) is 24.4 Å². The van der Waals surface area contributed by atoms with Gasteiger partial charge in [0, 0.05) is 67.3 Å². The SMILES string of the molecule is C[C@@H]1CN(Cc2ccc(F)cc2)CCN1/C=C/C(=O)c1cc2ncccc2cc1N. The normalized spacial score (nSPS) is 17.7. The van der Waals surface area contributed by atoms with E-state index in [0.29, 0.717) is 11.3 Å². The van der Waals surface area contributed by atoms with Crippen LogP contribution in [0.15, 0.2) is 67.0 Å². The van der Waals surface area contributed by atoms with Gasteiger partial charge in [-0.1, -0.05) is 18.2 Å². The molecule has 1 aliphatic rings. The number of hydrogen-bond donors (Lipinski definition) is 1. The minimum absolute atomic E-state index is 0.124. The second-order valence-electron chi connectivity index (χ2n) is 7.76. The van der Waals surface area contributed by atoms with Crippen molar-refractivity contribution in [3.8, 4) is 0 Å². The van der Waals surface area contributed by atoms with Gasteiger partial charge in [-0.2, -0.15) is 0 Å². The van der Waals surface area contributed by atoms with Crippen molar-refractivity contribution < 1.29 is 9.18 Å². The highest BCUT2D eigenvalue weighted by Gasteiger charge is 2.21. The third kappa shape index (κ3) is 4.49. The van der Waals surface area contributed by atoms with Crippen LogP contribution in [0, 0.1) is 5.82 Å². The lowest BCUT2D eigenvalue weighted by molar-refractivity contribution is 0.103. The van der Waals surface area contributed by atoms with Gasteiger partial charge in [0.25, 0.3) is 0 Å². The van der Waals surface area contributed by atoms with E-state index in [2.05, 4.69) is 21.7 Å². The van der Waals surface area contributed by atoms with E-state index in [1.165, 1.54) is 12.1 Å². The van der Waals surface area contributed by atoms with E-state index in [1.807, 2.05) is 30.5 Å². The van der Waals surface area contributed by atoms with E-state index in [-0.39, 0.29) is 17.6 Å². The number of ketones is 1. The van der Waals surface area contributed by atoms with Crippen LogP contribution in [0.2, 0.25) is 0 Å². The number of nitrogens with two attached hydrogens (primary N) is 1. The van der Waals surface area contributed by atoms with Crippen molar-refractivity contribution in [2.45, 2.75) is 19.5 Å². The molecule has 0 bridgehead atoms. The first-order valence-electron chi connectivity index (χ1n) is 10.1. The molecule has 0 aliphatic carbocycles. The quantitative estimate of drug-likeness (QED) is 0.398. The van der Waals surface area contributed by atoms with Gasteiger partial charge in [0.1, 0.15) is 5.82 Å². The molecule has 1 saturated heterocycles. The molecule has 30 heavy (non-hydrogen) atoms. The Morgan fingerprint density at radius 1 is 1.23 bits per heavy atom. The number of piperazine rings is 1. The van der Waals surface area contributed by atoms with Crippen LogP contribution in [-0.2, 0) is 6.54 Å². The Labute approximate surface area is 175 Å². The van der Waals surface area contributed by atoms with Gasteiger partial charge >= 0.3 is 0 Å². The van der Waals surface area contributed by atoms with Crippen molar-refractivity contribution in [2.24, 2.45) is 0 Å². The maximum atomic E-state index is 13.1. The number of nitrogens with zero attached hydrogens (tertiary/aromatic N) is 3. The van der Waals surface area contributed by atoms with Gasteiger partial charge < -0.3 is 10.6 Å². The maximum absolute atomic E-state index is 13.1. The first-order chi connectivity index (χ1) is 14.5. The number of allylic oxidation sites excluding steroid dienone is 1. The molecule has 1 aromatic heterocycles. The Kier molecular flexibility index (Phi) is 5.77. The zero-order valence-corrected chi connectivity index (χ0v) is 17.0. The molecule has 2 heterocycles. The Hall–Kier alpha value is -3.25. The van der Waals surface area contributed by atoms with Crippen molar-refractivity contribution in [1.29, 1.82) is 0 Å². The summed E-state index contributed by atoms with van der Waals surface area (Å²) in [6, 6.07) is 14.2. The molecule has 6 heteroatoms. The van der Waals surface area contributed by atoms with E-state index >= 15 is 0 Å². The molecule has 1 aliphatic heterocycles. The zero-order chi connectivity index (χ0) is 21.1. The summed E-state index contributed by atoms with van der Waals surface area (Å²) in [5, 5.41) is 0.918. The molecular weight excluding hydrogens is 379 g/mol. The maximum Gasteiger partial charge on any atom is 0.189 e. The summed E-state index contributed by atoms with van der Waals surface area (Å²) < 4.78 is 13.1. The third-order valence-electron chi connectivity index (χ3n) is 5.54. The molecule has 3 aromatic rings. The molecule has 1 fully saturated rings. The van der Waals surface area contributed by atoms with Crippen LogP contribution >= 0.6 is 0 Å². The summed E-state index contributed by atoms with van der Waals surface area (Å²) in [7, 11) is 0. The van der Waals surface area contributed by atoms with Crippen molar-refractivity contribution in [2.75, 3.05) is 25.4 Å². The summed E-state index contributed by atoms with van der Waals surface area (Å²) in [6.07, 6.45) is 5.16. The fourth-order valence-corrected chi connectivity index (χ4v) is 3.86. The standard InChI is InChI=1S/C24H25FN4O/c1-17-15-28(16-18-4-6-20(25)7-5-18)11-12-29(17)10-8-24(30)21-14-23-19(13-22(21)26)3-2-9-27-23/h2-10,13-14,17H,11-12,15-16,26H2,1H3/b10-8+/t17-/m1/s1. The number of anilines is 1. The highest BCUT2D eigenvalue weighted by Crippen LogP contribution is 2.21. The summed E-state index contributed by atoms with van der Waals surface area (Å²) in [4.78, 5) is 21.6. The van der Waals surface area contributed by atoms with Crippen LogP contribution in [0.3, 0.4) is 0 Å². The predicted octanol–water partition coefficient (Wildman–Crippen LogP) is 3.86.